The van der Waals surface area contributed by atoms with E-state index in [1.54, 1.807) is 0 Å². The van der Waals surface area contributed by atoms with Crippen molar-refractivity contribution >= 4 is 19.2 Å². The Morgan fingerprint density at radius 3 is 2.14 bits per heavy atom. The molecule has 1 aromatic carbocycles. The molecular formula is C17H28N2O2P+. The van der Waals surface area contributed by atoms with E-state index in [9.17, 15) is 9.36 Å². The first-order chi connectivity index (χ1) is 10.6. The van der Waals surface area contributed by atoms with Gasteiger partial charge < -0.3 is 4.90 Å². The zero-order valence-corrected chi connectivity index (χ0v) is 15.1. The first kappa shape index (κ1) is 18.8. The van der Waals surface area contributed by atoms with Crippen LogP contribution in [0.4, 0.5) is 0 Å². The SMILES string of the molecule is CCN(CC)C(=O)CCc1ccccc1[P+](=O)N(CC)CC. The number of hydrogen-bond donors (Lipinski definition) is 0. The number of amides is 1. The van der Waals surface area contributed by atoms with Crippen LogP contribution in [-0.4, -0.2) is 41.7 Å². The van der Waals surface area contributed by atoms with Gasteiger partial charge in [0.15, 0.2) is 0 Å². The van der Waals surface area contributed by atoms with Gasteiger partial charge in [-0.05, 0) is 44.7 Å². The minimum atomic E-state index is -1.56. The average Bonchev–Trinajstić information content (AvgIpc) is 2.55. The predicted octanol–water partition coefficient (Wildman–Crippen LogP) is 3.20. The van der Waals surface area contributed by atoms with Gasteiger partial charge in [-0.15, -0.1) is 0 Å². The van der Waals surface area contributed by atoms with Crippen LogP contribution in [0.15, 0.2) is 24.3 Å². The molecule has 122 valence electrons. The molecule has 5 heteroatoms. The van der Waals surface area contributed by atoms with Crippen LogP contribution in [0.1, 0.15) is 39.7 Å². The number of carbonyl (C=O) groups is 1. The van der Waals surface area contributed by atoms with E-state index in [0.717, 1.165) is 37.0 Å². The summed E-state index contributed by atoms with van der Waals surface area (Å²) in [4.78, 5) is 14.0. The number of carbonyl (C=O) groups excluding carboxylic acids is 1. The van der Waals surface area contributed by atoms with Crippen LogP contribution >= 0.6 is 7.95 Å². The second-order valence-electron chi connectivity index (χ2n) is 5.11. The fourth-order valence-electron chi connectivity index (χ4n) is 2.52. The molecule has 0 N–H and O–H groups in total. The molecule has 22 heavy (non-hydrogen) atoms. The van der Waals surface area contributed by atoms with Crippen molar-refractivity contribution in [2.45, 2.75) is 40.5 Å². The Morgan fingerprint density at radius 2 is 1.59 bits per heavy atom. The molecule has 0 aliphatic heterocycles. The van der Waals surface area contributed by atoms with Crippen molar-refractivity contribution in [2.75, 3.05) is 26.2 Å². The highest BCUT2D eigenvalue weighted by Gasteiger charge is 2.30. The Kier molecular flexibility index (Phi) is 8.29. The molecular weight excluding hydrogens is 295 g/mol. The van der Waals surface area contributed by atoms with Crippen molar-refractivity contribution in [3.05, 3.63) is 29.8 Å². The molecule has 0 aromatic heterocycles. The molecule has 0 heterocycles. The zero-order valence-electron chi connectivity index (χ0n) is 14.2. The lowest BCUT2D eigenvalue weighted by atomic mass is 10.1. The summed E-state index contributed by atoms with van der Waals surface area (Å²) >= 11 is 0. The summed E-state index contributed by atoms with van der Waals surface area (Å²) in [5, 5.41) is 0.869. The number of benzene rings is 1. The molecule has 0 spiro atoms. The monoisotopic (exact) mass is 323 g/mol. The Morgan fingerprint density at radius 1 is 1.00 bits per heavy atom. The zero-order chi connectivity index (χ0) is 16.5. The number of rotatable bonds is 9. The van der Waals surface area contributed by atoms with Gasteiger partial charge in [-0.2, -0.15) is 0 Å². The Balaban J connectivity index is 2.84. The minimum absolute atomic E-state index is 0.165. The van der Waals surface area contributed by atoms with Crippen LogP contribution in [0, 0.1) is 0 Å². The molecule has 1 amide bonds. The molecule has 1 aromatic rings. The highest BCUT2D eigenvalue weighted by molar-refractivity contribution is 7.51. The molecule has 1 atom stereocenters. The van der Waals surface area contributed by atoms with Crippen molar-refractivity contribution in [3.63, 3.8) is 0 Å². The first-order valence-electron chi connectivity index (χ1n) is 8.16. The highest BCUT2D eigenvalue weighted by atomic mass is 31.1. The predicted molar refractivity (Wildman–Crippen MR) is 92.9 cm³/mol. The largest absolute Gasteiger partial charge is 0.474 e. The number of hydrogen-bond acceptors (Lipinski definition) is 2. The van der Waals surface area contributed by atoms with E-state index in [4.69, 9.17) is 0 Å². The molecule has 4 nitrogen and oxygen atoms in total. The van der Waals surface area contributed by atoms with Gasteiger partial charge in [-0.25, -0.2) is 0 Å². The maximum absolute atomic E-state index is 12.7. The van der Waals surface area contributed by atoms with E-state index in [1.807, 2.05) is 61.5 Å². The van der Waals surface area contributed by atoms with E-state index in [1.165, 1.54) is 0 Å². The minimum Gasteiger partial charge on any atom is -0.343 e. The molecule has 0 radical (unpaired) electrons. The highest BCUT2D eigenvalue weighted by Crippen LogP contribution is 2.27. The maximum atomic E-state index is 12.7. The van der Waals surface area contributed by atoms with Crippen molar-refractivity contribution in [3.8, 4) is 0 Å². The molecule has 0 aliphatic rings. The quantitative estimate of drug-likeness (QED) is 0.655. The summed E-state index contributed by atoms with van der Waals surface area (Å²) in [5.74, 6) is 0.165. The third kappa shape index (κ3) is 4.89. The molecule has 0 bridgehead atoms. The van der Waals surface area contributed by atoms with E-state index < -0.39 is 7.95 Å². The van der Waals surface area contributed by atoms with Crippen molar-refractivity contribution < 1.29 is 9.36 Å². The fraction of sp³-hybridized carbons (Fsp3) is 0.588. The van der Waals surface area contributed by atoms with Crippen LogP contribution in [0.5, 0.6) is 0 Å². The van der Waals surface area contributed by atoms with Crippen molar-refractivity contribution in [1.82, 2.24) is 9.57 Å². The summed E-state index contributed by atoms with van der Waals surface area (Å²) in [6.07, 6.45) is 1.12. The standard InChI is InChI=1S/C17H28N2O2P/c1-5-18(6-2)17(20)14-13-15-11-9-10-12-16(15)22(21)19(7-3)8-4/h9-12H,5-8,13-14H2,1-4H3/q+1. The van der Waals surface area contributed by atoms with Gasteiger partial charge in [-0.3, -0.25) is 4.79 Å². The summed E-state index contributed by atoms with van der Waals surface area (Å²) in [6, 6.07) is 7.78. The third-order valence-electron chi connectivity index (χ3n) is 3.91. The average molecular weight is 323 g/mol. The van der Waals surface area contributed by atoms with Gasteiger partial charge in [0, 0.05) is 38.2 Å². The Labute approximate surface area is 135 Å². The van der Waals surface area contributed by atoms with E-state index in [0.29, 0.717) is 12.8 Å². The maximum Gasteiger partial charge on any atom is 0.474 e. The van der Waals surface area contributed by atoms with E-state index in [2.05, 4.69) is 0 Å². The van der Waals surface area contributed by atoms with Gasteiger partial charge in [0.2, 0.25) is 11.2 Å². The number of aryl methyl sites for hydroxylation is 1. The van der Waals surface area contributed by atoms with Crippen LogP contribution < -0.4 is 5.30 Å². The molecule has 0 fully saturated rings. The van der Waals surface area contributed by atoms with E-state index >= 15 is 0 Å². The second-order valence-corrected chi connectivity index (χ2v) is 6.70. The first-order valence-corrected chi connectivity index (χ1v) is 9.37. The normalized spacial score (nSPS) is 11.6. The molecule has 0 saturated carbocycles. The van der Waals surface area contributed by atoms with Gasteiger partial charge in [0.05, 0.1) is 0 Å². The summed E-state index contributed by atoms with van der Waals surface area (Å²) < 4.78 is 14.7. The van der Waals surface area contributed by atoms with Crippen molar-refractivity contribution in [2.24, 2.45) is 0 Å². The van der Waals surface area contributed by atoms with Crippen LogP contribution in [0.2, 0.25) is 0 Å². The smallest absolute Gasteiger partial charge is 0.343 e. The summed E-state index contributed by atoms with van der Waals surface area (Å²) in [6.45, 7) is 11.0. The third-order valence-corrected chi connectivity index (χ3v) is 5.84. The molecule has 1 unspecified atom stereocenters. The summed E-state index contributed by atoms with van der Waals surface area (Å²) in [5.41, 5.74) is 1.02. The lowest BCUT2D eigenvalue weighted by Crippen LogP contribution is -2.31. The Bertz CT molecular complexity index is 497. The molecule has 0 saturated heterocycles. The lowest BCUT2D eigenvalue weighted by Gasteiger charge is -2.18. The van der Waals surface area contributed by atoms with Gasteiger partial charge in [0.1, 0.15) is 0 Å². The lowest BCUT2D eigenvalue weighted by molar-refractivity contribution is -0.130. The number of nitrogens with zero attached hydrogens (tertiary/aromatic N) is 2. The topological polar surface area (TPSA) is 40.6 Å². The van der Waals surface area contributed by atoms with Gasteiger partial charge >= 0.3 is 7.95 Å². The molecule has 1 rings (SSSR count). The Hall–Kier alpha value is -1.25. The van der Waals surface area contributed by atoms with Crippen molar-refractivity contribution in [1.29, 1.82) is 0 Å². The van der Waals surface area contributed by atoms with Crippen LogP contribution in [0.3, 0.4) is 0 Å². The van der Waals surface area contributed by atoms with Gasteiger partial charge in [0.25, 0.3) is 0 Å². The fourth-order valence-corrected chi connectivity index (χ4v) is 3.98. The molecule has 0 aliphatic carbocycles. The van der Waals surface area contributed by atoms with Gasteiger partial charge in [-0.1, -0.05) is 22.9 Å². The van der Waals surface area contributed by atoms with Crippen LogP contribution in [0.25, 0.3) is 0 Å². The van der Waals surface area contributed by atoms with E-state index in [-0.39, 0.29) is 5.91 Å². The summed E-state index contributed by atoms with van der Waals surface area (Å²) in [7, 11) is -1.56. The second kappa shape index (κ2) is 9.70. The van der Waals surface area contributed by atoms with Crippen LogP contribution in [-0.2, 0) is 15.8 Å².